The molecule has 0 bridgehead atoms. The van der Waals surface area contributed by atoms with Crippen molar-refractivity contribution in [1.29, 1.82) is 0 Å². The van der Waals surface area contributed by atoms with Gasteiger partial charge in [-0.1, -0.05) is 30.3 Å². The third-order valence-electron chi connectivity index (χ3n) is 4.50. The van der Waals surface area contributed by atoms with E-state index >= 15 is 0 Å². The minimum Gasteiger partial charge on any atom is -0.376 e. The van der Waals surface area contributed by atoms with E-state index in [0.717, 1.165) is 31.7 Å². The SMILES string of the molecule is O=C(C1COCCO1)N(CCN1CCCC1)Cc1ccccc1. The van der Waals surface area contributed by atoms with Gasteiger partial charge in [0.1, 0.15) is 0 Å². The van der Waals surface area contributed by atoms with Gasteiger partial charge in [0, 0.05) is 19.6 Å². The predicted octanol–water partition coefficient (Wildman–Crippen LogP) is 1.53. The van der Waals surface area contributed by atoms with E-state index in [2.05, 4.69) is 17.0 Å². The van der Waals surface area contributed by atoms with E-state index in [4.69, 9.17) is 9.47 Å². The fourth-order valence-corrected chi connectivity index (χ4v) is 3.17. The molecule has 0 spiro atoms. The number of nitrogens with zero attached hydrogens (tertiary/aromatic N) is 2. The van der Waals surface area contributed by atoms with Crippen LogP contribution in [-0.4, -0.2) is 67.8 Å². The van der Waals surface area contributed by atoms with Crippen LogP contribution in [0.3, 0.4) is 0 Å². The van der Waals surface area contributed by atoms with Gasteiger partial charge in [-0.15, -0.1) is 0 Å². The highest BCUT2D eigenvalue weighted by molar-refractivity contribution is 5.81. The molecule has 23 heavy (non-hydrogen) atoms. The first-order chi connectivity index (χ1) is 11.3. The smallest absolute Gasteiger partial charge is 0.254 e. The van der Waals surface area contributed by atoms with Crippen LogP contribution in [0, 0.1) is 0 Å². The Morgan fingerprint density at radius 3 is 2.65 bits per heavy atom. The highest BCUT2D eigenvalue weighted by Gasteiger charge is 2.28. The normalized spacial score (nSPS) is 22.2. The number of rotatable bonds is 6. The molecule has 1 amide bonds. The summed E-state index contributed by atoms with van der Waals surface area (Å²) in [6.07, 6.45) is 2.09. The monoisotopic (exact) mass is 318 g/mol. The molecule has 0 aromatic heterocycles. The molecule has 126 valence electrons. The molecule has 2 fully saturated rings. The second-order valence-electron chi connectivity index (χ2n) is 6.23. The van der Waals surface area contributed by atoms with E-state index in [9.17, 15) is 4.79 Å². The second-order valence-corrected chi connectivity index (χ2v) is 6.23. The molecular formula is C18H26N2O3. The quantitative estimate of drug-likeness (QED) is 0.798. The van der Waals surface area contributed by atoms with Crippen molar-refractivity contribution in [2.45, 2.75) is 25.5 Å². The van der Waals surface area contributed by atoms with Crippen molar-refractivity contribution in [3.8, 4) is 0 Å². The molecule has 0 saturated carbocycles. The first-order valence-electron chi connectivity index (χ1n) is 8.57. The summed E-state index contributed by atoms with van der Waals surface area (Å²) < 4.78 is 11.0. The fourth-order valence-electron chi connectivity index (χ4n) is 3.17. The van der Waals surface area contributed by atoms with Gasteiger partial charge in [0.25, 0.3) is 5.91 Å². The number of benzene rings is 1. The number of carbonyl (C=O) groups is 1. The zero-order valence-corrected chi connectivity index (χ0v) is 13.7. The number of likely N-dealkylation sites (tertiary alicyclic amines) is 1. The molecule has 1 aromatic rings. The number of hydrogen-bond donors (Lipinski definition) is 0. The fraction of sp³-hybridized carbons (Fsp3) is 0.611. The van der Waals surface area contributed by atoms with Gasteiger partial charge in [0.15, 0.2) is 6.10 Å². The van der Waals surface area contributed by atoms with Crippen LogP contribution in [0.4, 0.5) is 0 Å². The van der Waals surface area contributed by atoms with Gasteiger partial charge in [0.05, 0.1) is 19.8 Å². The molecule has 0 aliphatic carbocycles. The number of carbonyl (C=O) groups excluding carboxylic acids is 1. The molecule has 2 aliphatic rings. The van der Waals surface area contributed by atoms with E-state index in [0.29, 0.717) is 26.4 Å². The Bertz CT molecular complexity index is 482. The van der Waals surface area contributed by atoms with E-state index in [1.165, 1.54) is 12.8 Å². The van der Waals surface area contributed by atoms with Gasteiger partial charge in [-0.3, -0.25) is 4.79 Å². The molecule has 3 rings (SSSR count). The van der Waals surface area contributed by atoms with Gasteiger partial charge in [-0.05, 0) is 31.5 Å². The van der Waals surface area contributed by atoms with E-state index < -0.39 is 6.10 Å². The van der Waals surface area contributed by atoms with E-state index in [-0.39, 0.29) is 5.91 Å². The third kappa shape index (κ3) is 4.77. The highest BCUT2D eigenvalue weighted by Crippen LogP contribution is 2.12. The Kier molecular flexibility index (Phi) is 6.02. The number of ether oxygens (including phenoxy) is 2. The summed E-state index contributed by atoms with van der Waals surface area (Å²) in [7, 11) is 0. The van der Waals surface area contributed by atoms with Crippen molar-refractivity contribution in [3.05, 3.63) is 35.9 Å². The van der Waals surface area contributed by atoms with Crippen molar-refractivity contribution in [2.24, 2.45) is 0 Å². The molecule has 2 saturated heterocycles. The van der Waals surface area contributed by atoms with Crippen molar-refractivity contribution in [2.75, 3.05) is 46.0 Å². The Hall–Kier alpha value is -1.43. The number of amides is 1. The Labute approximate surface area is 138 Å². The topological polar surface area (TPSA) is 42.0 Å². The molecule has 2 heterocycles. The molecule has 0 N–H and O–H groups in total. The van der Waals surface area contributed by atoms with Crippen LogP contribution in [-0.2, 0) is 20.8 Å². The van der Waals surface area contributed by atoms with Gasteiger partial charge in [0.2, 0.25) is 0 Å². The average molecular weight is 318 g/mol. The largest absolute Gasteiger partial charge is 0.376 e. The van der Waals surface area contributed by atoms with Crippen LogP contribution in [0.1, 0.15) is 18.4 Å². The predicted molar refractivity (Wildman–Crippen MR) is 88.1 cm³/mol. The van der Waals surface area contributed by atoms with Crippen LogP contribution in [0.25, 0.3) is 0 Å². The molecule has 0 radical (unpaired) electrons. The van der Waals surface area contributed by atoms with Crippen LogP contribution in [0.2, 0.25) is 0 Å². The lowest BCUT2D eigenvalue weighted by Crippen LogP contribution is -2.47. The summed E-state index contributed by atoms with van der Waals surface area (Å²) in [5, 5.41) is 0. The van der Waals surface area contributed by atoms with Crippen LogP contribution >= 0.6 is 0 Å². The van der Waals surface area contributed by atoms with Crippen LogP contribution < -0.4 is 0 Å². The van der Waals surface area contributed by atoms with Crippen molar-refractivity contribution in [1.82, 2.24) is 9.80 Å². The summed E-state index contributed by atoms with van der Waals surface area (Å²) in [6.45, 7) is 6.06. The summed E-state index contributed by atoms with van der Waals surface area (Å²) in [4.78, 5) is 17.2. The first kappa shape index (κ1) is 16.4. The minimum absolute atomic E-state index is 0.0488. The summed E-state index contributed by atoms with van der Waals surface area (Å²) >= 11 is 0. The first-order valence-corrected chi connectivity index (χ1v) is 8.57. The molecule has 1 atom stereocenters. The molecule has 1 aromatic carbocycles. The maximum atomic E-state index is 12.8. The van der Waals surface area contributed by atoms with Crippen LogP contribution in [0.15, 0.2) is 30.3 Å². The van der Waals surface area contributed by atoms with Crippen molar-refractivity contribution in [3.63, 3.8) is 0 Å². The van der Waals surface area contributed by atoms with Gasteiger partial charge >= 0.3 is 0 Å². The molecule has 5 nitrogen and oxygen atoms in total. The minimum atomic E-state index is -0.453. The van der Waals surface area contributed by atoms with Gasteiger partial charge in [-0.2, -0.15) is 0 Å². The summed E-state index contributed by atoms with van der Waals surface area (Å²) in [5.41, 5.74) is 1.15. The lowest BCUT2D eigenvalue weighted by molar-refractivity contribution is -0.158. The lowest BCUT2D eigenvalue weighted by atomic mass is 10.2. The maximum absolute atomic E-state index is 12.8. The molecular weight excluding hydrogens is 292 g/mol. The molecule has 5 heteroatoms. The Balaban J connectivity index is 1.62. The second kappa shape index (κ2) is 8.43. The Morgan fingerprint density at radius 2 is 1.96 bits per heavy atom. The average Bonchev–Trinajstić information content (AvgIpc) is 3.13. The molecule has 2 aliphatic heterocycles. The van der Waals surface area contributed by atoms with Crippen molar-refractivity contribution >= 4 is 5.91 Å². The molecule has 1 unspecified atom stereocenters. The number of hydrogen-bond acceptors (Lipinski definition) is 4. The standard InChI is InChI=1S/C18H26N2O3/c21-18(17-15-22-12-13-23-17)20(11-10-19-8-4-5-9-19)14-16-6-2-1-3-7-16/h1-3,6-7,17H,4-5,8-15H2. The maximum Gasteiger partial charge on any atom is 0.254 e. The highest BCUT2D eigenvalue weighted by atomic mass is 16.6. The van der Waals surface area contributed by atoms with Gasteiger partial charge < -0.3 is 19.3 Å². The van der Waals surface area contributed by atoms with E-state index in [1.807, 2.05) is 23.1 Å². The lowest BCUT2D eigenvalue weighted by Gasteiger charge is -2.30. The Morgan fingerprint density at radius 1 is 1.17 bits per heavy atom. The third-order valence-corrected chi connectivity index (χ3v) is 4.50. The van der Waals surface area contributed by atoms with E-state index in [1.54, 1.807) is 0 Å². The zero-order valence-electron chi connectivity index (χ0n) is 13.7. The summed E-state index contributed by atoms with van der Waals surface area (Å²) in [5.74, 6) is 0.0488. The van der Waals surface area contributed by atoms with Crippen molar-refractivity contribution < 1.29 is 14.3 Å². The summed E-state index contributed by atoms with van der Waals surface area (Å²) in [6, 6.07) is 10.2. The zero-order chi connectivity index (χ0) is 15.9. The van der Waals surface area contributed by atoms with Gasteiger partial charge in [-0.25, -0.2) is 0 Å². The van der Waals surface area contributed by atoms with Crippen LogP contribution in [0.5, 0.6) is 0 Å².